The van der Waals surface area contributed by atoms with Crippen molar-refractivity contribution in [2.24, 2.45) is 0 Å². The quantitative estimate of drug-likeness (QED) is 0.876. The maximum Gasteiger partial charge on any atom is 0.0429 e. The van der Waals surface area contributed by atoms with Crippen LogP contribution in [0.25, 0.3) is 0 Å². The Bertz CT molecular complexity index is 451. The van der Waals surface area contributed by atoms with Crippen LogP contribution < -0.4 is 10.2 Å². The first-order chi connectivity index (χ1) is 9.37. The molecule has 0 radical (unpaired) electrons. The van der Waals surface area contributed by atoms with Crippen molar-refractivity contribution in [1.82, 2.24) is 5.32 Å². The van der Waals surface area contributed by atoms with Crippen molar-refractivity contribution in [3.8, 4) is 0 Å². The number of rotatable bonds is 3. The monoisotopic (exact) mass is 294 g/mol. The molecule has 0 bridgehead atoms. The predicted molar refractivity (Wildman–Crippen MR) is 88.7 cm³/mol. The molecule has 1 heterocycles. The molecule has 0 saturated carbocycles. The maximum absolute atomic E-state index is 6.23. The lowest BCUT2D eigenvalue weighted by Crippen LogP contribution is -2.39. The number of hydrogen-bond donors (Lipinski definition) is 1. The van der Waals surface area contributed by atoms with Crippen LogP contribution in [0.4, 0.5) is 5.69 Å². The highest BCUT2D eigenvalue weighted by atomic mass is 35.5. The maximum atomic E-state index is 6.23. The molecule has 112 valence electrons. The molecule has 0 aromatic heterocycles. The van der Waals surface area contributed by atoms with Crippen molar-refractivity contribution in [1.29, 1.82) is 0 Å². The Morgan fingerprint density at radius 3 is 2.70 bits per heavy atom. The summed E-state index contributed by atoms with van der Waals surface area (Å²) in [7, 11) is 0. The highest BCUT2D eigenvalue weighted by Crippen LogP contribution is 2.30. The fraction of sp³-hybridized carbons (Fsp3) is 0.647. The van der Waals surface area contributed by atoms with E-state index >= 15 is 0 Å². The summed E-state index contributed by atoms with van der Waals surface area (Å²) >= 11 is 6.23. The van der Waals surface area contributed by atoms with Gasteiger partial charge in [-0.3, -0.25) is 0 Å². The van der Waals surface area contributed by atoms with Crippen molar-refractivity contribution in [2.45, 2.75) is 65.1 Å². The minimum atomic E-state index is 0.129. The van der Waals surface area contributed by atoms with E-state index in [9.17, 15) is 0 Å². The fourth-order valence-corrected chi connectivity index (χ4v) is 2.94. The summed E-state index contributed by atoms with van der Waals surface area (Å²) in [6, 6.07) is 6.90. The van der Waals surface area contributed by atoms with Gasteiger partial charge in [0, 0.05) is 35.4 Å². The zero-order chi connectivity index (χ0) is 14.8. The van der Waals surface area contributed by atoms with E-state index in [2.05, 4.69) is 50.0 Å². The second-order valence-corrected chi connectivity index (χ2v) is 7.35. The average Bonchev–Trinajstić information content (AvgIpc) is 2.37. The normalized spacial score (nSPS) is 20.2. The molecule has 0 aliphatic carbocycles. The number of hydrogen-bond acceptors (Lipinski definition) is 2. The highest BCUT2D eigenvalue weighted by Gasteiger charge is 2.21. The van der Waals surface area contributed by atoms with Gasteiger partial charge in [-0.1, -0.05) is 17.7 Å². The third kappa shape index (κ3) is 4.13. The van der Waals surface area contributed by atoms with Gasteiger partial charge >= 0.3 is 0 Å². The molecule has 0 amide bonds. The van der Waals surface area contributed by atoms with Gasteiger partial charge in [-0.25, -0.2) is 0 Å². The van der Waals surface area contributed by atoms with E-state index in [1.54, 1.807) is 0 Å². The number of piperidine rings is 1. The molecule has 0 spiro atoms. The first-order valence-electron chi connectivity index (χ1n) is 7.67. The predicted octanol–water partition coefficient (Wildman–Crippen LogP) is 4.61. The van der Waals surface area contributed by atoms with Crippen LogP contribution in [0.2, 0.25) is 5.02 Å². The largest absolute Gasteiger partial charge is 0.369 e. The molecule has 1 fully saturated rings. The van der Waals surface area contributed by atoms with Gasteiger partial charge in [0.1, 0.15) is 0 Å². The molecule has 1 N–H and O–H groups in total. The first kappa shape index (κ1) is 15.7. The highest BCUT2D eigenvalue weighted by molar-refractivity contribution is 6.30. The summed E-state index contributed by atoms with van der Waals surface area (Å²) in [5.74, 6) is 0. The van der Waals surface area contributed by atoms with Crippen molar-refractivity contribution >= 4 is 17.3 Å². The number of anilines is 1. The van der Waals surface area contributed by atoms with Crippen LogP contribution in [0.15, 0.2) is 18.2 Å². The number of benzene rings is 1. The topological polar surface area (TPSA) is 15.3 Å². The molecule has 1 unspecified atom stereocenters. The Labute approximate surface area is 128 Å². The summed E-state index contributed by atoms with van der Waals surface area (Å²) in [4.78, 5) is 2.52. The fourth-order valence-electron chi connectivity index (χ4n) is 2.77. The smallest absolute Gasteiger partial charge is 0.0429 e. The molecule has 1 aromatic rings. The summed E-state index contributed by atoms with van der Waals surface area (Å²) in [6.45, 7) is 11.0. The number of halogens is 1. The van der Waals surface area contributed by atoms with Gasteiger partial charge in [-0.2, -0.15) is 0 Å². The Kier molecular flexibility index (Phi) is 4.98. The standard InChI is InChI=1S/C17H27ClN2/c1-13-7-5-6-10-20(13)16-11-15(18)9-8-14(16)12-19-17(2,3)4/h8-9,11,13,19H,5-7,10,12H2,1-4H3. The molecule has 1 saturated heterocycles. The van der Waals surface area contributed by atoms with Crippen LogP contribution in [0, 0.1) is 0 Å². The molecule has 1 aliphatic rings. The van der Waals surface area contributed by atoms with Crippen LogP contribution >= 0.6 is 11.6 Å². The van der Waals surface area contributed by atoms with E-state index in [1.165, 1.54) is 30.5 Å². The molecule has 2 rings (SSSR count). The molecule has 20 heavy (non-hydrogen) atoms. The number of nitrogens with zero attached hydrogens (tertiary/aromatic N) is 1. The minimum Gasteiger partial charge on any atom is -0.369 e. The van der Waals surface area contributed by atoms with Gasteiger partial charge in [-0.05, 0) is 64.7 Å². The van der Waals surface area contributed by atoms with E-state index in [-0.39, 0.29) is 5.54 Å². The van der Waals surface area contributed by atoms with E-state index < -0.39 is 0 Å². The zero-order valence-corrected chi connectivity index (χ0v) is 13.9. The van der Waals surface area contributed by atoms with Gasteiger partial charge in [0.25, 0.3) is 0 Å². The lowest BCUT2D eigenvalue weighted by Gasteiger charge is -2.37. The third-order valence-corrected chi connectivity index (χ3v) is 4.20. The first-order valence-corrected chi connectivity index (χ1v) is 8.05. The van der Waals surface area contributed by atoms with E-state index in [1.807, 2.05) is 6.07 Å². The van der Waals surface area contributed by atoms with Crippen LogP contribution in [0.5, 0.6) is 0 Å². The minimum absolute atomic E-state index is 0.129. The SMILES string of the molecule is CC1CCCCN1c1cc(Cl)ccc1CNC(C)(C)C. The summed E-state index contributed by atoms with van der Waals surface area (Å²) < 4.78 is 0. The van der Waals surface area contributed by atoms with Gasteiger partial charge in [0.05, 0.1) is 0 Å². The van der Waals surface area contributed by atoms with E-state index in [4.69, 9.17) is 11.6 Å². The molecule has 2 nitrogen and oxygen atoms in total. The Hall–Kier alpha value is -0.730. The molecule has 1 aliphatic heterocycles. The van der Waals surface area contributed by atoms with Gasteiger partial charge in [-0.15, -0.1) is 0 Å². The Morgan fingerprint density at radius 1 is 1.30 bits per heavy atom. The summed E-state index contributed by atoms with van der Waals surface area (Å²) in [5.41, 5.74) is 2.78. The lowest BCUT2D eigenvalue weighted by molar-refractivity contribution is 0.422. The van der Waals surface area contributed by atoms with Crippen LogP contribution in [-0.2, 0) is 6.54 Å². The van der Waals surface area contributed by atoms with Crippen LogP contribution in [0.1, 0.15) is 52.5 Å². The average molecular weight is 295 g/mol. The van der Waals surface area contributed by atoms with E-state index in [0.29, 0.717) is 6.04 Å². The summed E-state index contributed by atoms with van der Waals surface area (Å²) in [6.07, 6.45) is 3.90. The molecule has 3 heteroatoms. The van der Waals surface area contributed by atoms with Gasteiger partial charge < -0.3 is 10.2 Å². The van der Waals surface area contributed by atoms with Gasteiger partial charge in [0.2, 0.25) is 0 Å². The Balaban J connectivity index is 2.23. The second-order valence-electron chi connectivity index (χ2n) is 6.91. The van der Waals surface area contributed by atoms with E-state index in [0.717, 1.165) is 18.1 Å². The van der Waals surface area contributed by atoms with Crippen LogP contribution in [0.3, 0.4) is 0 Å². The molecule has 1 atom stereocenters. The second kappa shape index (κ2) is 6.36. The van der Waals surface area contributed by atoms with Crippen molar-refractivity contribution in [3.63, 3.8) is 0 Å². The third-order valence-electron chi connectivity index (χ3n) is 3.97. The van der Waals surface area contributed by atoms with Gasteiger partial charge in [0.15, 0.2) is 0 Å². The lowest BCUT2D eigenvalue weighted by atomic mass is 10.0. The molecular weight excluding hydrogens is 268 g/mol. The van der Waals surface area contributed by atoms with Crippen molar-refractivity contribution < 1.29 is 0 Å². The summed E-state index contributed by atoms with van der Waals surface area (Å²) in [5, 5.41) is 4.41. The Morgan fingerprint density at radius 2 is 2.05 bits per heavy atom. The number of nitrogens with one attached hydrogen (secondary N) is 1. The van der Waals surface area contributed by atoms with Crippen LogP contribution in [-0.4, -0.2) is 18.1 Å². The van der Waals surface area contributed by atoms with Crippen molar-refractivity contribution in [3.05, 3.63) is 28.8 Å². The molecular formula is C17H27ClN2. The van der Waals surface area contributed by atoms with Crippen molar-refractivity contribution in [2.75, 3.05) is 11.4 Å². The molecule has 1 aromatic carbocycles. The zero-order valence-electron chi connectivity index (χ0n) is 13.2.